The van der Waals surface area contributed by atoms with Gasteiger partial charge in [0.15, 0.2) is 11.5 Å². The first-order valence-electron chi connectivity index (χ1n) is 8.68. The van der Waals surface area contributed by atoms with E-state index in [0.717, 1.165) is 24.0 Å². The topological polar surface area (TPSA) is 68.3 Å². The number of rotatable bonds is 7. The first kappa shape index (κ1) is 19.1. The Morgan fingerprint density at radius 1 is 0.704 bits per heavy atom. The molecule has 2 heterocycles. The largest absolute Gasteiger partial charge is 0.493 e. The van der Waals surface area contributed by atoms with E-state index >= 15 is 0 Å². The maximum Gasteiger partial charge on any atom is 0.216 e. The molecule has 1 fully saturated rings. The molecule has 0 bridgehead atoms. The summed E-state index contributed by atoms with van der Waals surface area (Å²) in [6.45, 7) is 0. The second-order valence-electron chi connectivity index (χ2n) is 6.13. The average Bonchev–Trinajstić information content (AvgIpc) is 3.22. The third kappa shape index (κ3) is 3.88. The standard InChI is InChI=1S/C20H25NO6/c1-22-16-8-12(9-17(23-2)20(16)26-5)14-6-7-15(27-14)13-10-18(24-3)21-19(11-13)25-4/h8-11,14-15H,6-7H2,1-5H3/t14-,15-/m0/s1. The van der Waals surface area contributed by atoms with Crippen LogP contribution in [0.15, 0.2) is 24.3 Å². The van der Waals surface area contributed by atoms with Gasteiger partial charge in [0, 0.05) is 12.1 Å². The summed E-state index contributed by atoms with van der Waals surface area (Å²) in [7, 11) is 7.97. The van der Waals surface area contributed by atoms with Crippen LogP contribution in [0.25, 0.3) is 0 Å². The van der Waals surface area contributed by atoms with E-state index in [1.54, 1.807) is 35.5 Å². The molecule has 7 heteroatoms. The Bertz CT molecular complexity index is 747. The minimum atomic E-state index is -0.0751. The molecule has 2 atom stereocenters. The fourth-order valence-corrected chi connectivity index (χ4v) is 3.31. The third-order valence-corrected chi connectivity index (χ3v) is 4.67. The molecule has 0 spiro atoms. The van der Waals surface area contributed by atoms with Crippen molar-refractivity contribution in [3.63, 3.8) is 0 Å². The maximum atomic E-state index is 6.31. The van der Waals surface area contributed by atoms with Crippen molar-refractivity contribution in [2.75, 3.05) is 35.5 Å². The molecule has 0 radical (unpaired) electrons. The van der Waals surface area contributed by atoms with Crippen molar-refractivity contribution in [1.29, 1.82) is 0 Å². The smallest absolute Gasteiger partial charge is 0.216 e. The molecule has 1 aliphatic heterocycles. The van der Waals surface area contributed by atoms with Gasteiger partial charge in [-0.05, 0) is 36.1 Å². The van der Waals surface area contributed by atoms with Gasteiger partial charge in [-0.3, -0.25) is 0 Å². The summed E-state index contributed by atoms with van der Waals surface area (Å²) in [4.78, 5) is 4.24. The molecule has 1 aliphatic rings. The minimum Gasteiger partial charge on any atom is -0.493 e. The van der Waals surface area contributed by atoms with Crippen LogP contribution >= 0.6 is 0 Å². The average molecular weight is 375 g/mol. The number of hydrogen-bond acceptors (Lipinski definition) is 7. The summed E-state index contributed by atoms with van der Waals surface area (Å²) in [6.07, 6.45) is 1.60. The molecule has 0 N–H and O–H groups in total. The molecule has 3 rings (SSSR count). The van der Waals surface area contributed by atoms with E-state index in [0.29, 0.717) is 29.0 Å². The second kappa shape index (κ2) is 8.35. The molecule has 1 saturated heterocycles. The highest BCUT2D eigenvalue weighted by Crippen LogP contribution is 2.46. The van der Waals surface area contributed by atoms with Gasteiger partial charge in [0.05, 0.1) is 47.8 Å². The van der Waals surface area contributed by atoms with Crippen LogP contribution in [0.4, 0.5) is 0 Å². The number of nitrogens with zero attached hydrogens (tertiary/aromatic N) is 1. The Morgan fingerprint density at radius 3 is 1.59 bits per heavy atom. The third-order valence-electron chi connectivity index (χ3n) is 4.67. The molecule has 0 aliphatic carbocycles. The Hall–Kier alpha value is -2.67. The number of pyridine rings is 1. The van der Waals surface area contributed by atoms with Crippen molar-refractivity contribution < 1.29 is 28.4 Å². The molecule has 1 aromatic carbocycles. The molecule has 0 amide bonds. The molecule has 2 aromatic rings. The van der Waals surface area contributed by atoms with Crippen LogP contribution in [0.2, 0.25) is 0 Å². The van der Waals surface area contributed by atoms with E-state index in [1.165, 1.54) is 0 Å². The second-order valence-corrected chi connectivity index (χ2v) is 6.13. The molecule has 27 heavy (non-hydrogen) atoms. The minimum absolute atomic E-state index is 0.0695. The van der Waals surface area contributed by atoms with Crippen molar-refractivity contribution in [1.82, 2.24) is 4.98 Å². The van der Waals surface area contributed by atoms with Crippen molar-refractivity contribution in [3.8, 4) is 29.0 Å². The van der Waals surface area contributed by atoms with Gasteiger partial charge in [-0.1, -0.05) is 0 Å². The van der Waals surface area contributed by atoms with Crippen LogP contribution in [0.5, 0.6) is 29.0 Å². The van der Waals surface area contributed by atoms with Gasteiger partial charge >= 0.3 is 0 Å². The van der Waals surface area contributed by atoms with E-state index in [1.807, 2.05) is 24.3 Å². The van der Waals surface area contributed by atoms with Crippen LogP contribution in [0.1, 0.15) is 36.2 Å². The number of methoxy groups -OCH3 is 5. The molecule has 0 saturated carbocycles. The monoisotopic (exact) mass is 375 g/mol. The first-order chi connectivity index (χ1) is 13.1. The maximum absolute atomic E-state index is 6.31. The highest BCUT2D eigenvalue weighted by atomic mass is 16.5. The lowest BCUT2D eigenvalue weighted by Gasteiger charge is -2.18. The molecule has 1 aromatic heterocycles. The summed E-state index contributed by atoms with van der Waals surface area (Å²) in [5, 5.41) is 0. The van der Waals surface area contributed by atoms with Crippen LogP contribution in [-0.2, 0) is 4.74 Å². The molecular formula is C20H25NO6. The number of hydrogen-bond donors (Lipinski definition) is 0. The van der Waals surface area contributed by atoms with E-state index in [4.69, 9.17) is 28.4 Å². The summed E-state index contributed by atoms with van der Waals surface area (Å²) in [6, 6.07) is 7.62. The van der Waals surface area contributed by atoms with Gasteiger partial charge in [-0.25, -0.2) is 0 Å². The number of ether oxygens (including phenoxy) is 6. The zero-order valence-electron chi connectivity index (χ0n) is 16.3. The van der Waals surface area contributed by atoms with Crippen LogP contribution in [-0.4, -0.2) is 40.5 Å². The summed E-state index contributed by atoms with van der Waals surface area (Å²) < 4.78 is 33.1. The Balaban J connectivity index is 1.86. The van der Waals surface area contributed by atoms with Crippen LogP contribution in [0, 0.1) is 0 Å². The van der Waals surface area contributed by atoms with Crippen LogP contribution in [0.3, 0.4) is 0 Å². The predicted octanol–water partition coefficient (Wildman–Crippen LogP) is 3.72. The molecule has 7 nitrogen and oxygen atoms in total. The molecule has 146 valence electrons. The summed E-state index contributed by atoms with van der Waals surface area (Å²) in [5.41, 5.74) is 1.97. The van der Waals surface area contributed by atoms with Crippen molar-refractivity contribution >= 4 is 0 Å². The quantitative estimate of drug-likeness (QED) is 0.730. The zero-order valence-corrected chi connectivity index (χ0v) is 16.3. The van der Waals surface area contributed by atoms with Gasteiger partial charge in [0.25, 0.3) is 0 Å². The normalized spacial score (nSPS) is 18.9. The van der Waals surface area contributed by atoms with Crippen LogP contribution < -0.4 is 23.7 Å². The fraction of sp³-hybridized carbons (Fsp3) is 0.450. The van der Waals surface area contributed by atoms with E-state index in [9.17, 15) is 0 Å². The highest BCUT2D eigenvalue weighted by molar-refractivity contribution is 5.54. The summed E-state index contributed by atoms with van der Waals surface area (Å²) in [5.74, 6) is 2.81. The lowest BCUT2D eigenvalue weighted by atomic mass is 10.0. The van der Waals surface area contributed by atoms with Crippen molar-refractivity contribution in [2.24, 2.45) is 0 Å². The zero-order chi connectivity index (χ0) is 19.4. The van der Waals surface area contributed by atoms with Crippen molar-refractivity contribution in [2.45, 2.75) is 25.0 Å². The van der Waals surface area contributed by atoms with E-state index in [-0.39, 0.29) is 12.2 Å². The lowest BCUT2D eigenvalue weighted by Crippen LogP contribution is -2.03. The van der Waals surface area contributed by atoms with E-state index in [2.05, 4.69) is 4.98 Å². The Kier molecular flexibility index (Phi) is 5.91. The number of aromatic nitrogens is 1. The summed E-state index contributed by atoms with van der Waals surface area (Å²) >= 11 is 0. The van der Waals surface area contributed by atoms with Crippen molar-refractivity contribution in [3.05, 3.63) is 35.4 Å². The van der Waals surface area contributed by atoms with Gasteiger partial charge in [0.2, 0.25) is 17.5 Å². The number of benzene rings is 1. The van der Waals surface area contributed by atoms with Gasteiger partial charge in [-0.2, -0.15) is 4.98 Å². The Morgan fingerprint density at radius 2 is 1.19 bits per heavy atom. The molecule has 0 unspecified atom stereocenters. The van der Waals surface area contributed by atoms with Gasteiger partial charge in [-0.15, -0.1) is 0 Å². The van der Waals surface area contributed by atoms with Gasteiger partial charge < -0.3 is 28.4 Å². The molecular weight excluding hydrogens is 350 g/mol. The fourth-order valence-electron chi connectivity index (χ4n) is 3.31. The highest BCUT2D eigenvalue weighted by Gasteiger charge is 2.30. The SMILES string of the molecule is COc1cc([C@@H]2CC[C@@H](c3cc(OC)c(OC)c(OC)c3)O2)cc(OC)n1. The van der Waals surface area contributed by atoms with E-state index < -0.39 is 0 Å². The Labute approximate surface area is 159 Å². The van der Waals surface area contributed by atoms with Gasteiger partial charge in [0.1, 0.15) is 0 Å². The lowest BCUT2D eigenvalue weighted by molar-refractivity contribution is 0.0435. The first-order valence-corrected chi connectivity index (χ1v) is 8.68. The predicted molar refractivity (Wildman–Crippen MR) is 99.2 cm³/mol.